The number of aromatic nitrogens is 3. The number of amides is 1. The highest BCUT2D eigenvalue weighted by molar-refractivity contribution is 7.99. The second-order valence-corrected chi connectivity index (χ2v) is 8.50. The molecule has 0 aliphatic carbocycles. The molecule has 8 nitrogen and oxygen atoms in total. The van der Waals surface area contributed by atoms with Crippen LogP contribution in [0.15, 0.2) is 47.6 Å². The maximum absolute atomic E-state index is 13.0. The third-order valence-electron chi connectivity index (χ3n) is 5.28. The van der Waals surface area contributed by atoms with Gasteiger partial charge in [-0.2, -0.15) is 4.98 Å². The monoisotopic (exact) mass is 466 g/mol. The molecule has 0 saturated carbocycles. The fraction of sp³-hybridized carbons (Fsp3) is 0.333. The van der Waals surface area contributed by atoms with Crippen molar-refractivity contribution in [3.63, 3.8) is 0 Å². The van der Waals surface area contributed by atoms with Gasteiger partial charge in [-0.3, -0.25) is 9.69 Å². The van der Waals surface area contributed by atoms with Crippen LogP contribution in [0.1, 0.15) is 38.5 Å². The summed E-state index contributed by atoms with van der Waals surface area (Å²) in [4.78, 5) is 19.2. The second-order valence-electron chi connectivity index (χ2n) is 7.43. The smallest absolute Gasteiger partial charge is 0.247 e. The van der Waals surface area contributed by atoms with E-state index in [0.717, 1.165) is 24.2 Å². The lowest BCUT2D eigenvalue weighted by Gasteiger charge is -2.30. The highest BCUT2D eigenvalue weighted by Crippen LogP contribution is 2.45. The van der Waals surface area contributed by atoms with Crippen LogP contribution in [0.3, 0.4) is 0 Å². The van der Waals surface area contributed by atoms with Gasteiger partial charge in [0.05, 0.1) is 25.5 Å². The van der Waals surface area contributed by atoms with Crippen molar-refractivity contribution in [3.8, 4) is 28.6 Å². The van der Waals surface area contributed by atoms with Crippen molar-refractivity contribution in [2.45, 2.75) is 38.1 Å². The Labute approximate surface area is 197 Å². The van der Waals surface area contributed by atoms with Crippen LogP contribution in [0.25, 0.3) is 11.3 Å². The van der Waals surface area contributed by atoms with E-state index in [1.165, 1.54) is 18.7 Å². The van der Waals surface area contributed by atoms with E-state index in [-0.39, 0.29) is 5.91 Å². The van der Waals surface area contributed by atoms with Crippen molar-refractivity contribution < 1.29 is 19.0 Å². The Hall–Kier alpha value is -3.33. The van der Waals surface area contributed by atoms with Crippen molar-refractivity contribution in [2.75, 3.05) is 24.9 Å². The summed E-state index contributed by atoms with van der Waals surface area (Å²) >= 11 is 1.53. The number of carbonyl (C=O) groups excluding carboxylic acids is 1. The Morgan fingerprint density at radius 3 is 2.70 bits per heavy atom. The number of unbranched alkanes of at least 4 members (excludes halogenated alkanes) is 1. The molecule has 33 heavy (non-hydrogen) atoms. The summed E-state index contributed by atoms with van der Waals surface area (Å²) in [6.45, 7) is 3.64. The number of thioether (sulfide) groups is 1. The van der Waals surface area contributed by atoms with Gasteiger partial charge in [-0.15, -0.1) is 10.2 Å². The number of methoxy groups -OCH3 is 2. The average molecular weight is 467 g/mol. The predicted octanol–water partition coefficient (Wildman–Crippen LogP) is 4.89. The highest BCUT2D eigenvalue weighted by Gasteiger charge is 2.36. The molecule has 172 valence electrons. The number of anilines is 1. The lowest BCUT2D eigenvalue weighted by atomic mass is 10.1. The van der Waals surface area contributed by atoms with Gasteiger partial charge in [0.2, 0.25) is 23.2 Å². The van der Waals surface area contributed by atoms with Gasteiger partial charge < -0.3 is 14.2 Å². The van der Waals surface area contributed by atoms with Gasteiger partial charge in [0.15, 0.2) is 5.69 Å². The number of rotatable bonds is 7. The standard InChI is InChI=1S/C24H26N4O4S/c1-5-6-13-33-24-25-22-21(26-27-24)17-9-7-8-10-19(17)28(15(2)29)23(32-22)18-14-16(30-3)11-12-20(18)31-4/h7-12,14,23H,5-6,13H2,1-4H3/t23-/m1/s1. The fourth-order valence-corrected chi connectivity index (χ4v) is 4.52. The first kappa shape index (κ1) is 22.8. The summed E-state index contributed by atoms with van der Waals surface area (Å²) in [5.41, 5.74) is 2.49. The number of ether oxygens (including phenoxy) is 3. The Balaban J connectivity index is 1.90. The summed E-state index contributed by atoms with van der Waals surface area (Å²) in [6, 6.07) is 12.9. The number of nitrogens with zero attached hydrogens (tertiary/aromatic N) is 4. The number of para-hydroxylation sites is 1. The maximum atomic E-state index is 13.0. The van der Waals surface area contributed by atoms with Crippen LogP contribution in [-0.4, -0.2) is 41.1 Å². The summed E-state index contributed by atoms with van der Waals surface area (Å²) in [7, 11) is 3.16. The lowest BCUT2D eigenvalue weighted by molar-refractivity contribution is -0.118. The Kier molecular flexibility index (Phi) is 6.98. The zero-order chi connectivity index (χ0) is 23.4. The Morgan fingerprint density at radius 1 is 1.15 bits per heavy atom. The summed E-state index contributed by atoms with van der Waals surface area (Å²) < 4.78 is 17.5. The minimum Gasteiger partial charge on any atom is -0.497 e. The van der Waals surface area contributed by atoms with Crippen LogP contribution in [0, 0.1) is 0 Å². The van der Waals surface area contributed by atoms with E-state index in [1.807, 2.05) is 24.3 Å². The second kappa shape index (κ2) is 10.1. The van der Waals surface area contributed by atoms with E-state index in [0.29, 0.717) is 39.5 Å². The van der Waals surface area contributed by atoms with E-state index < -0.39 is 6.23 Å². The predicted molar refractivity (Wildman–Crippen MR) is 127 cm³/mol. The first-order valence-corrected chi connectivity index (χ1v) is 11.7. The molecule has 0 bridgehead atoms. The SMILES string of the molecule is CCCCSc1nnc2c(n1)O[C@H](c1cc(OC)ccc1OC)N(C(C)=O)c1ccccc1-2. The number of fused-ring (bicyclic) bond motifs is 3. The molecule has 0 unspecified atom stereocenters. The summed E-state index contributed by atoms with van der Waals surface area (Å²) in [5.74, 6) is 2.19. The molecule has 2 heterocycles. The molecule has 1 atom stereocenters. The van der Waals surface area contributed by atoms with Crippen LogP contribution in [0.2, 0.25) is 0 Å². The molecular formula is C24H26N4O4S. The van der Waals surface area contributed by atoms with Gasteiger partial charge in [0.1, 0.15) is 11.5 Å². The van der Waals surface area contributed by atoms with Crippen molar-refractivity contribution >= 4 is 23.4 Å². The van der Waals surface area contributed by atoms with Crippen LogP contribution >= 0.6 is 11.8 Å². The molecule has 0 fully saturated rings. The number of benzene rings is 2. The molecule has 0 N–H and O–H groups in total. The van der Waals surface area contributed by atoms with E-state index >= 15 is 0 Å². The Bertz CT molecular complexity index is 1160. The first-order valence-electron chi connectivity index (χ1n) is 10.7. The van der Waals surface area contributed by atoms with Crippen molar-refractivity contribution in [1.29, 1.82) is 0 Å². The van der Waals surface area contributed by atoms with Crippen molar-refractivity contribution in [2.24, 2.45) is 0 Å². The quantitative estimate of drug-likeness (QED) is 0.359. The largest absolute Gasteiger partial charge is 0.497 e. The van der Waals surface area contributed by atoms with Crippen molar-refractivity contribution in [3.05, 3.63) is 48.0 Å². The van der Waals surface area contributed by atoms with Gasteiger partial charge in [0, 0.05) is 18.2 Å². The van der Waals surface area contributed by atoms with Crippen LogP contribution in [-0.2, 0) is 4.79 Å². The molecule has 1 aliphatic heterocycles. The van der Waals surface area contributed by atoms with Gasteiger partial charge in [0.25, 0.3) is 0 Å². The minimum atomic E-state index is -0.847. The Morgan fingerprint density at radius 2 is 1.97 bits per heavy atom. The van der Waals surface area contributed by atoms with Crippen LogP contribution < -0.4 is 19.1 Å². The molecule has 1 aliphatic rings. The lowest BCUT2D eigenvalue weighted by Crippen LogP contribution is -2.36. The molecule has 2 aromatic carbocycles. The van der Waals surface area contributed by atoms with E-state index in [1.54, 1.807) is 37.3 Å². The molecular weight excluding hydrogens is 440 g/mol. The summed E-state index contributed by atoms with van der Waals surface area (Å²) in [6.07, 6.45) is 1.29. The van der Waals surface area contributed by atoms with Gasteiger partial charge in [-0.25, -0.2) is 0 Å². The van der Waals surface area contributed by atoms with Gasteiger partial charge >= 0.3 is 0 Å². The third kappa shape index (κ3) is 4.59. The average Bonchev–Trinajstić information content (AvgIpc) is 2.98. The fourth-order valence-electron chi connectivity index (χ4n) is 3.66. The van der Waals surface area contributed by atoms with E-state index in [2.05, 4.69) is 22.1 Å². The van der Waals surface area contributed by atoms with E-state index in [9.17, 15) is 4.79 Å². The molecule has 1 aromatic heterocycles. The topological polar surface area (TPSA) is 86.7 Å². The molecule has 1 amide bonds. The van der Waals surface area contributed by atoms with E-state index in [4.69, 9.17) is 14.2 Å². The molecule has 3 aromatic rings. The van der Waals surface area contributed by atoms with Gasteiger partial charge in [-0.05, 0) is 30.7 Å². The van der Waals surface area contributed by atoms with Crippen LogP contribution in [0.5, 0.6) is 17.4 Å². The third-order valence-corrected chi connectivity index (χ3v) is 6.21. The highest BCUT2D eigenvalue weighted by atomic mass is 32.2. The van der Waals surface area contributed by atoms with Crippen LogP contribution in [0.4, 0.5) is 5.69 Å². The molecule has 0 spiro atoms. The summed E-state index contributed by atoms with van der Waals surface area (Å²) in [5, 5.41) is 9.29. The number of hydrogen-bond donors (Lipinski definition) is 0. The van der Waals surface area contributed by atoms with Gasteiger partial charge in [-0.1, -0.05) is 43.3 Å². The van der Waals surface area contributed by atoms with Crippen molar-refractivity contribution in [1.82, 2.24) is 15.2 Å². The normalized spacial score (nSPS) is 14.5. The molecule has 0 saturated heterocycles. The number of hydrogen-bond acceptors (Lipinski definition) is 8. The minimum absolute atomic E-state index is 0.198. The first-order chi connectivity index (χ1) is 16.1. The number of carbonyl (C=O) groups is 1. The zero-order valence-electron chi connectivity index (χ0n) is 19.1. The molecule has 9 heteroatoms. The maximum Gasteiger partial charge on any atom is 0.247 e. The molecule has 4 rings (SSSR count). The zero-order valence-corrected chi connectivity index (χ0v) is 19.9. The molecule has 0 radical (unpaired) electrons.